The van der Waals surface area contributed by atoms with Crippen molar-refractivity contribution < 1.29 is 19.1 Å². The molecule has 0 fully saturated rings. The fourth-order valence-corrected chi connectivity index (χ4v) is 3.91. The average Bonchev–Trinajstić information content (AvgIpc) is 3.05. The number of anilines is 1. The van der Waals surface area contributed by atoms with Crippen LogP contribution in [0.3, 0.4) is 0 Å². The summed E-state index contributed by atoms with van der Waals surface area (Å²) in [5.74, 6) is -1.54. The highest BCUT2D eigenvalue weighted by Gasteiger charge is 2.21. The van der Waals surface area contributed by atoms with Gasteiger partial charge in [0.15, 0.2) is 6.10 Å². The normalized spacial score (nSPS) is 11.7. The number of pyridine rings is 1. The molecule has 0 aliphatic rings. The van der Waals surface area contributed by atoms with Crippen molar-refractivity contribution in [3.63, 3.8) is 0 Å². The van der Waals surface area contributed by atoms with Gasteiger partial charge in [0.25, 0.3) is 11.8 Å². The summed E-state index contributed by atoms with van der Waals surface area (Å²) in [4.78, 5) is 40.6. The van der Waals surface area contributed by atoms with E-state index in [9.17, 15) is 14.4 Å². The third-order valence-corrected chi connectivity index (χ3v) is 5.69. The zero-order chi connectivity index (χ0) is 21.0. The van der Waals surface area contributed by atoms with Crippen molar-refractivity contribution in [3.8, 4) is 0 Å². The third kappa shape index (κ3) is 5.23. The van der Waals surface area contributed by atoms with Gasteiger partial charge >= 0.3 is 5.97 Å². The maximum absolute atomic E-state index is 12.3. The molecule has 10 heteroatoms. The van der Waals surface area contributed by atoms with Crippen molar-refractivity contribution in [1.29, 1.82) is 0 Å². The van der Waals surface area contributed by atoms with Crippen molar-refractivity contribution in [2.45, 2.75) is 13.0 Å². The lowest BCUT2D eigenvalue weighted by Crippen LogP contribution is -2.35. The predicted octanol–water partition coefficient (Wildman–Crippen LogP) is 3.90. The van der Waals surface area contributed by atoms with Crippen LogP contribution in [0.5, 0.6) is 0 Å². The van der Waals surface area contributed by atoms with Crippen LogP contribution < -0.4 is 10.6 Å². The van der Waals surface area contributed by atoms with E-state index < -0.39 is 30.4 Å². The minimum atomic E-state index is -1.08. The molecule has 2 N–H and O–H groups in total. The number of carbonyl (C=O) groups excluding carboxylic acids is 3. The number of esters is 1. The van der Waals surface area contributed by atoms with E-state index in [0.29, 0.717) is 14.9 Å². The Kier molecular flexibility index (Phi) is 6.68. The smallest absolute Gasteiger partial charge is 0.326 e. The number of nitrogens with zero attached hydrogens (tertiary/aromatic N) is 1. The molecule has 150 valence electrons. The van der Waals surface area contributed by atoms with E-state index in [1.807, 2.05) is 24.3 Å². The second-order valence-electron chi connectivity index (χ2n) is 5.91. The molecule has 3 rings (SSSR count). The Labute approximate surface area is 180 Å². The molecule has 0 unspecified atom stereocenters. The fraction of sp³-hybridized carbons (Fsp3) is 0.158. The number of rotatable bonds is 6. The van der Waals surface area contributed by atoms with Crippen LogP contribution >= 0.6 is 34.5 Å². The standard InChI is InChI=1S/C19H15Cl2N3O4S/c1-10(18(26)24-14-7-6-11(20)8-22-14)28-15(25)9-23-19(27)17-16(21)12-4-2-3-5-13(12)29-17/h2-8,10H,9H2,1H3,(H,23,27)(H,22,24,26)/t10-/m1/s1. The molecule has 7 nitrogen and oxygen atoms in total. The molecule has 0 aliphatic carbocycles. The Morgan fingerprint density at radius 2 is 1.93 bits per heavy atom. The molecule has 0 aliphatic heterocycles. The summed E-state index contributed by atoms with van der Waals surface area (Å²) in [5, 5.41) is 6.48. The van der Waals surface area contributed by atoms with E-state index in [1.54, 1.807) is 6.07 Å². The maximum Gasteiger partial charge on any atom is 0.326 e. The minimum absolute atomic E-state index is 0.273. The van der Waals surface area contributed by atoms with Crippen molar-refractivity contribution in [3.05, 3.63) is 57.5 Å². The molecule has 0 bridgehead atoms. The molecule has 3 aromatic rings. The minimum Gasteiger partial charge on any atom is -0.451 e. The largest absolute Gasteiger partial charge is 0.451 e. The van der Waals surface area contributed by atoms with E-state index in [4.69, 9.17) is 27.9 Å². The lowest BCUT2D eigenvalue weighted by atomic mass is 10.2. The van der Waals surface area contributed by atoms with Crippen molar-refractivity contribution in [1.82, 2.24) is 10.3 Å². The molecule has 0 spiro atoms. The molecule has 2 amide bonds. The van der Waals surface area contributed by atoms with Crippen LogP contribution in [0.1, 0.15) is 16.6 Å². The first kappa shape index (κ1) is 21.0. The quantitative estimate of drug-likeness (QED) is 0.553. The number of nitrogens with one attached hydrogen (secondary N) is 2. The number of hydrogen-bond acceptors (Lipinski definition) is 6. The van der Waals surface area contributed by atoms with Gasteiger partial charge in [-0.15, -0.1) is 11.3 Å². The van der Waals surface area contributed by atoms with Crippen LogP contribution in [-0.2, 0) is 14.3 Å². The predicted molar refractivity (Wildman–Crippen MR) is 113 cm³/mol. The molecule has 29 heavy (non-hydrogen) atoms. The Morgan fingerprint density at radius 1 is 1.17 bits per heavy atom. The van der Waals surface area contributed by atoms with Gasteiger partial charge < -0.3 is 15.4 Å². The van der Waals surface area contributed by atoms with E-state index in [-0.39, 0.29) is 5.82 Å². The van der Waals surface area contributed by atoms with Crippen LogP contribution in [-0.4, -0.2) is 35.4 Å². The van der Waals surface area contributed by atoms with Crippen LogP contribution in [0.25, 0.3) is 10.1 Å². The lowest BCUT2D eigenvalue weighted by Gasteiger charge is -2.13. The van der Waals surface area contributed by atoms with Crippen LogP contribution in [0, 0.1) is 0 Å². The van der Waals surface area contributed by atoms with E-state index in [2.05, 4.69) is 15.6 Å². The zero-order valence-electron chi connectivity index (χ0n) is 15.1. The first-order valence-corrected chi connectivity index (χ1v) is 9.99. The number of fused-ring (bicyclic) bond motifs is 1. The van der Waals surface area contributed by atoms with Gasteiger partial charge in [0.2, 0.25) is 0 Å². The topological polar surface area (TPSA) is 97.4 Å². The molecule has 0 radical (unpaired) electrons. The van der Waals surface area contributed by atoms with Gasteiger partial charge in [-0.1, -0.05) is 41.4 Å². The third-order valence-electron chi connectivity index (χ3n) is 3.79. The second kappa shape index (κ2) is 9.21. The Balaban J connectivity index is 1.52. The fourth-order valence-electron chi connectivity index (χ4n) is 2.36. The molecular formula is C19H15Cl2N3O4S. The average molecular weight is 452 g/mol. The summed E-state index contributed by atoms with van der Waals surface area (Å²) >= 11 is 13.2. The van der Waals surface area contributed by atoms with Crippen molar-refractivity contribution in [2.24, 2.45) is 0 Å². The van der Waals surface area contributed by atoms with Gasteiger partial charge in [0.1, 0.15) is 17.2 Å². The number of aromatic nitrogens is 1. The molecule has 1 atom stereocenters. The van der Waals surface area contributed by atoms with Crippen molar-refractivity contribution in [2.75, 3.05) is 11.9 Å². The summed E-state index contributed by atoms with van der Waals surface area (Å²) in [6.45, 7) is 1.01. The number of thiophene rings is 1. The Hall–Kier alpha value is -2.68. The highest BCUT2D eigenvalue weighted by molar-refractivity contribution is 7.21. The van der Waals surface area contributed by atoms with E-state index in [0.717, 1.165) is 10.1 Å². The number of halogens is 2. The molecule has 2 aromatic heterocycles. The van der Waals surface area contributed by atoms with Crippen molar-refractivity contribution >= 4 is 68.2 Å². The SMILES string of the molecule is C[C@@H](OC(=O)CNC(=O)c1sc2ccccc2c1Cl)C(=O)Nc1ccc(Cl)cn1. The first-order chi connectivity index (χ1) is 13.8. The van der Waals surface area contributed by atoms with E-state index >= 15 is 0 Å². The number of hydrogen-bond donors (Lipinski definition) is 2. The summed E-state index contributed by atoms with van der Waals surface area (Å²) < 4.78 is 5.90. The van der Waals surface area contributed by atoms with Gasteiger partial charge in [-0.05, 0) is 25.1 Å². The van der Waals surface area contributed by atoms with Crippen LogP contribution in [0.4, 0.5) is 5.82 Å². The van der Waals surface area contributed by atoms with Gasteiger partial charge in [0.05, 0.1) is 10.0 Å². The summed E-state index contributed by atoms with van der Waals surface area (Å²) in [7, 11) is 0. The lowest BCUT2D eigenvalue weighted by molar-refractivity contribution is -0.152. The maximum atomic E-state index is 12.3. The second-order valence-corrected chi connectivity index (χ2v) is 7.77. The van der Waals surface area contributed by atoms with Crippen LogP contribution in [0.2, 0.25) is 10.0 Å². The molecule has 0 saturated carbocycles. The van der Waals surface area contributed by atoms with Crippen LogP contribution in [0.15, 0.2) is 42.6 Å². The van der Waals surface area contributed by atoms with Gasteiger partial charge in [-0.3, -0.25) is 14.4 Å². The number of ether oxygens (including phenoxy) is 1. The Morgan fingerprint density at radius 3 is 2.62 bits per heavy atom. The summed E-state index contributed by atoms with van der Waals surface area (Å²) in [5.41, 5.74) is 0. The van der Waals surface area contributed by atoms with E-state index in [1.165, 1.54) is 30.5 Å². The molecular weight excluding hydrogens is 437 g/mol. The summed E-state index contributed by atoms with van der Waals surface area (Å²) in [6.07, 6.45) is 0.299. The van der Waals surface area contributed by atoms with Gasteiger partial charge in [-0.2, -0.15) is 0 Å². The van der Waals surface area contributed by atoms with Gasteiger partial charge in [0, 0.05) is 16.3 Å². The first-order valence-electron chi connectivity index (χ1n) is 8.42. The number of benzene rings is 1. The highest BCUT2D eigenvalue weighted by atomic mass is 35.5. The molecule has 1 aromatic carbocycles. The monoisotopic (exact) mass is 451 g/mol. The zero-order valence-corrected chi connectivity index (χ0v) is 17.4. The number of amides is 2. The molecule has 0 saturated heterocycles. The highest BCUT2D eigenvalue weighted by Crippen LogP contribution is 2.34. The Bertz CT molecular complexity index is 1070. The molecule has 2 heterocycles. The van der Waals surface area contributed by atoms with Gasteiger partial charge in [-0.25, -0.2) is 4.98 Å². The summed E-state index contributed by atoms with van der Waals surface area (Å²) in [6, 6.07) is 10.4. The number of carbonyl (C=O) groups is 3.